The standard InChI is InChI=1S/C15H16O3.C3H7NO.C2H6/c1-17-11-7-5-9-3-2-8-4-6-10(16)14-12(8)13(9)15(11)18-14;1-3(5)4-2;1-2/h5,7-8,12,14H,2-4,6H2,1H3;1-2H3,(H,4,5);1-2H3. The zero-order valence-corrected chi connectivity index (χ0v) is 15.8. The largest absolute Gasteiger partial charge is 0.493 e. The molecule has 2 aliphatic carbocycles. The molecular formula is C20H29NO4. The molecule has 0 spiro atoms. The number of nitrogens with one attached hydrogen (secondary N) is 1. The van der Waals surface area contributed by atoms with Crippen LogP contribution in [0.5, 0.6) is 11.5 Å². The van der Waals surface area contributed by atoms with Gasteiger partial charge in [0.25, 0.3) is 0 Å². The summed E-state index contributed by atoms with van der Waals surface area (Å²) in [5, 5.41) is 2.39. The van der Waals surface area contributed by atoms with E-state index in [0.717, 1.165) is 24.3 Å². The molecule has 1 aliphatic heterocycles. The van der Waals surface area contributed by atoms with Crippen LogP contribution >= 0.6 is 0 Å². The molecule has 1 aromatic rings. The van der Waals surface area contributed by atoms with Crippen LogP contribution in [0.25, 0.3) is 0 Å². The number of benzene rings is 1. The highest BCUT2D eigenvalue weighted by atomic mass is 16.5. The molecule has 0 aromatic heterocycles. The summed E-state index contributed by atoms with van der Waals surface area (Å²) in [6, 6.07) is 4.11. The number of carbonyl (C=O) groups excluding carboxylic acids is 2. The van der Waals surface area contributed by atoms with Crippen LogP contribution in [0.3, 0.4) is 0 Å². The van der Waals surface area contributed by atoms with Gasteiger partial charge < -0.3 is 14.8 Å². The van der Waals surface area contributed by atoms with Crippen molar-refractivity contribution in [2.45, 2.75) is 58.5 Å². The zero-order valence-electron chi connectivity index (χ0n) is 15.8. The molecule has 1 amide bonds. The molecule has 1 heterocycles. The molecule has 0 radical (unpaired) electrons. The van der Waals surface area contributed by atoms with Crippen LogP contribution in [0.1, 0.15) is 57.1 Å². The molecule has 0 bridgehead atoms. The van der Waals surface area contributed by atoms with E-state index in [1.165, 1.54) is 24.5 Å². The maximum Gasteiger partial charge on any atom is 0.216 e. The van der Waals surface area contributed by atoms with Gasteiger partial charge in [-0.15, -0.1) is 0 Å². The highest BCUT2D eigenvalue weighted by molar-refractivity contribution is 5.87. The van der Waals surface area contributed by atoms with Crippen LogP contribution in [0, 0.1) is 5.92 Å². The minimum Gasteiger partial charge on any atom is -0.493 e. The van der Waals surface area contributed by atoms with Gasteiger partial charge in [0.2, 0.25) is 5.91 Å². The van der Waals surface area contributed by atoms with E-state index in [-0.39, 0.29) is 17.8 Å². The number of carbonyl (C=O) groups is 2. The van der Waals surface area contributed by atoms with Gasteiger partial charge in [0.05, 0.1) is 7.11 Å². The molecule has 4 rings (SSSR count). The quantitative estimate of drug-likeness (QED) is 0.847. The van der Waals surface area contributed by atoms with Crippen LogP contribution < -0.4 is 14.8 Å². The summed E-state index contributed by atoms with van der Waals surface area (Å²) in [6.07, 6.45) is 3.76. The number of hydrogen-bond donors (Lipinski definition) is 1. The molecule has 3 atom stereocenters. The highest BCUT2D eigenvalue weighted by Gasteiger charge is 2.50. The van der Waals surface area contributed by atoms with Crippen LogP contribution in [-0.4, -0.2) is 32.0 Å². The zero-order chi connectivity index (χ0) is 18.6. The predicted molar refractivity (Wildman–Crippen MR) is 97.3 cm³/mol. The molecule has 25 heavy (non-hydrogen) atoms. The highest BCUT2D eigenvalue weighted by Crippen LogP contribution is 2.55. The van der Waals surface area contributed by atoms with E-state index in [9.17, 15) is 9.59 Å². The average molecular weight is 347 g/mol. The molecule has 3 unspecified atom stereocenters. The molecule has 0 saturated heterocycles. The molecule has 138 valence electrons. The van der Waals surface area contributed by atoms with Gasteiger partial charge in [0.1, 0.15) is 0 Å². The lowest BCUT2D eigenvalue weighted by atomic mass is 9.67. The molecule has 5 nitrogen and oxygen atoms in total. The van der Waals surface area contributed by atoms with E-state index in [1.54, 1.807) is 14.2 Å². The Morgan fingerprint density at radius 3 is 2.48 bits per heavy atom. The van der Waals surface area contributed by atoms with Crippen molar-refractivity contribution in [2.75, 3.05) is 14.2 Å². The second-order valence-electron chi connectivity index (χ2n) is 6.34. The lowest BCUT2D eigenvalue weighted by molar-refractivity contribution is -0.129. The first-order chi connectivity index (χ1) is 12.1. The van der Waals surface area contributed by atoms with Gasteiger partial charge in [-0.05, 0) is 36.8 Å². The van der Waals surface area contributed by atoms with Crippen molar-refractivity contribution in [1.82, 2.24) is 5.32 Å². The van der Waals surface area contributed by atoms with Gasteiger partial charge in [0.15, 0.2) is 23.4 Å². The lowest BCUT2D eigenvalue weighted by Crippen LogP contribution is -2.39. The molecule has 1 fully saturated rings. The Bertz CT molecular complexity index is 641. The minimum atomic E-state index is -0.242. The fraction of sp³-hybridized carbons (Fsp3) is 0.600. The third kappa shape index (κ3) is 3.65. The SMILES string of the molecule is CC.CNC(C)=O.COc1ccc2c3c1OC1C(=O)CCC(CC2)C31. The Kier molecular flexibility index (Phi) is 6.45. The van der Waals surface area contributed by atoms with Crippen molar-refractivity contribution >= 4 is 11.7 Å². The van der Waals surface area contributed by atoms with Gasteiger partial charge in [-0.3, -0.25) is 9.59 Å². The van der Waals surface area contributed by atoms with Gasteiger partial charge in [0, 0.05) is 31.9 Å². The number of ether oxygens (including phenoxy) is 2. The molecule has 1 saturated carbocycles. The Balaban J connectivity index is 0.000000281. The first-order valence-corrected chi connectivity index (χ1v) is 9.14. The van der Waals surface area contributed by atoms with Gasteiger partial charge in [-0.25, -0.2) is 0 Å². The van der Waals surface area contributed by atoms with Gasteiger partial charge in [-0.1, -0.05) is 19.9 Å². The molecule has 3 aliphatic rings. The van der Waals surface area contributed by atoms with E-state index in [4.69, 9.17) is 9.47 Å². The summed E-state index contributed by atoms with van der Waals surface area (Å²) in [6.45, 7) is 5.47. The van der Waals surface area contributed by atoms with E-state index < -0.39 is 0 Å². The van der Waals surface area contributed by atoms with Crippen LogP contribution in [-0.2, 0) is 16.0 Å². The lowest BCUT2D eigenvalue weighted by Gasteiger charge is -2.35. The number of amides is 1. The third-order valence-corrected chi connectivity index (χ3v) is 5.10. The Labute approximate surface area is 150 Å². The normalized spacial score (nSPS) is 24.5. The third-order valence-electron chi connectivity index (χ3n) is 5.10. The summed E-state index contributed by atoms with van der Waals surface area (Å²) in [5.74, 6) is 2.79. The number of aryl methyl sites for hydroxylation is 1. The Hall–Kier alpha value is -2.04. The van der Waals surface area contributed by atoms with Crippen molar-refractivity contribution in [3.05, 3.63) is 23.3 Å². The fourth-order valence-electron chi connectivity index (χ4n) is 3.90. The average Bonchev–Trinajstić information content (AvgIpc) is 3.06. The first kappa shape index (κ1) is 19.3. The first-order valence-electron chi connectivity index (χ1n) is 9.14. The summed E-state index contributed by atoms with van der Waals surface area (Å²) >= 11 is 0. The summed E-state index contributed by atoms with van der Waals surface area (Å²) < 4.78 is 11.3. The summed E-state index contributed by atoms with van der Waals surface area (Å²) in [4.78, 5) is 21.8. The second kappa shape index (κ2) is 8.37. The van der Waals surface area contributed by atoms with Crippen molar-refractivity contribution < 1.29 is 19.1 Å². The Morgan fingerprint density at radius 2 is 1.88 bits per heavy atom. The van der Waals surface area contributed by atoms with Gasteiger partial charge in [-0.2, -0.15) is 0 Å². The summed E-state index contributed by atoms with van der Waals surface area (Å²) in [5.41, 5.74) is 2.62. The maximum atomic E-state index is 12.1. The molecular weight excluding hydrogens is 318 g/mol. The number of Topliss-reactive ketones (excluding diaryl/α,β-unsaturated/α-hetero) is 1. The smallest absolute Gasteiger partial charge is 0.216 e. The van der Waals surface area contributed by atoms with Gasteiger partial charge >= 0.3 is 0 Å². The molecule has 5 heteroatoms. The Morgan fingerprint density at radius 1 is 1.24 bits per heavy atom. The van der Waals surface area contributed by atoms with Crippen LogP contribution in [0.15, 0.2) is 12.1 Å². The summed E-state index contributed by atoms with van der Waals surface area (Å²) in [7, 11) is 3.26. The number of methoxy groups -OCH3 is 1. The predicted octanol–water partition coefficient (Wildman–Crippen LogP) is 3.24. The molecule has 1 aromatic carbocycles. The van der Waals surface area contributed by atoms with E-state index in [1.807, 2.05) is 19.9 Å². The minimum absolute atomic E-state index is 0.00463. The van der Waals surface area contributed by atoms with Crippen molar-refractivity contribution in [2.24, 2.45) is 5.92 Å². The second-order valence-corrected chi connectivity index (χ2v) is 6.34. The topological polar surface area (TPSA) is 64.6 Å². The van der Waals surface area contributed by atoms with Crippen molar-refractivity contribution in [3.8, 4) is 11.5 Å². The van der Waals surface area contributed by atoms with Crippen molar-refractivity contribution in [3.63, 3.8) is 0 Å². The number of rotatable bonds is 1. The van der Waals surface area contributed by atoms with Crippen molar-refractivity contribution in [1.29, 1.82) is 0 Å². The number of ketones is 1. The number of hydrogen-bond acceptors (Lipinski definition) is 4. The van der Waals surface area contributed by atoms with E-state index in [0.29, 0.717) is 18.3 Å². The van der Waals surface area contributed by atoms with Crippen LogP contribution in [0.2, 0.25) is 0 Å². The monoisotopic (exact) mass is 347 g/mol. The van der Waals surface area contributed by atoms with Crippen LogP contribution in [0.4, 0.5) is 0 Å². The van der Waals surface area contributed by atoms with E-state index in [2.05, 4.69) is 11.4 Å². The maximum absolute atomic E-state index is 12.1. The molecule has 1 N–H and O–H groups in total. The van der Waals surface area contributed by atoms with E-state index >= 15 is 0 Å². The fourth-order valence-corrected chi connectivity index (χ4v) is 3.90.